The van der Waals surface area contributed by atoms with Crippen molar-refractivity contribution < 1.29 is 9.59 Å². The van der Waals surface area contributed by atoms with E-state index in [9.17, 15) is 9.59 Å². The molecule has 0 bridgehead atoms. The number of carbonyl (C=O) groups excluding carboxylic acids is 2. The minimum absolute atomic E-state index is 0.170. The fourth-order valence-corrected chi connectivity index (χ4v) is 3.93. The van der Waals surface area contributed by atoms with Crippen LogP contribution in [0.15, 0.2) is 24.3 Å². The van der Waals surface area contributed by atoms with Gasteiger partial charge in [-0.25, -0.2) is 0 Å². The van der Waals surface area contributed by atoms with Gasteiger partial charge in [0.15, 0.2) is 0 Å². The Kier molecular flexibility index (Phi) is 4.90. The molecule has 23 heavy (non-hydrogen) atoms. The molecule has 0 aliphatic carbocycles. The van der Waals surface area contributed by atoms with Crippen LogP contribution < -0.4 is 0 Å². The highest BCUT2D eigenvalue weighted by Gasteiger charge is 2.36. The Labute approximate surface area is 142 Å². The Hall–Kier alpha value is -1.55. The van der Waals surface area contributed by atoms with E-state index in [0.717, 1.165) is 37.9 Å². The summed E-state index contributed by atoms with van der Waals surface area (Å²) in [7, 11) is 1.91. The summed E-state index contributed by atoms with van der Waals surface area (Å²) in [5, 5.41) is 0.688. The third-order valence-electron chi connectivity index (χ3n) is 5.17. The van der Waals surface area contributed by atoms with Gasteiger partial charge in [0, 0.05) is 37.6 Å². The van der Waals surface area contributed by atoms with Gasteiger partial charge >= 0.3 is 0 Å². The molecule has 1 aromatic rings. The smallest absolute Gasteiger partial charge is 0.227 e. The fraction of sp³-hybridized carbons (Fsp3) is 0.556. The van der Waals surface area contributed by atoms with Gasteiger partial charge in [-0.15, -0.1) is 0 Å². The lowest BCUT2D eigenvalue weighted by Gasteiger charge is -2.41. The minimum Gasteiger partial charge on any atom is -0.342 e. The molecule has 0 saturated carbocycles. The Bertz CT molecular complexity index is 587. The van der Waals surface area contributed by atoms with Gasteiger partial charge in [0.05, 0.1) is 6.42 Å². The van der Waals surface area contributed by atoms with E-state index in [1.807, 2.05) is 41.1 Å². The van der Waals surface area contributed by atoms with Crippen molar-refractivity contribution in [3.63, 3.8) is 0 Å². The van der Waals surface area contributed by atoms with Gasteiger partial charge in [0.2, 0.25) is 11.8 Å². The number of carbonyl (C=O) groups is 2. The van der Waals surface area contributed by atoms with E-state index in [2.05, 4.69) is 0 Å². The number of fused-ring (bicyclic) bond motifs is 1. The first-order valence-electron chi connectivity index (χ1n) is 8.32. The van der Waals surface area contributed by atoms with Crippen molar-refractivity contribution in [1.29, 1.82) is 0 Å². The van der Waals surface area contributed by atoms with Gasteiger partial charge < -0.3 is 9.80 Å². The molecule has 124 valence electrons. The monoisotopic (exact) mass is 334 g/mol. The zero-order valence-electron chi connectivity index (χ0n) is 13.5. The Morgan fingerprint density at radius 1 is 1.26 bits per heavy atom. The van der Waals surface area contributed by atoms with Crippen LogP contribution in [0, 0.1) is 5.92 Å². The molecular formula is C18H23ClN2O2. The lowest BCUT2D eigenvalue weighted by molar-refractivity contribution is -0.136. The average molecular weight is 335 g/mol. The zero-order valence-corrected chi connectivity index (χ0v) is 14.3. The topological polar surface area (TPSA) is 40.6 Å². The predicted octanol–water partition coefficient (Wildman–Crippen LogP) is 2.74. The summed E-state index contributed by atoms with van der Waals surface area (Å²) in [6.07, 6.45) is 3.92. The predicted molar refractivity (Wildman–Crippen MR) is 90.3 cm³/mol. The third kappa shape index (κ3) is 3.69. The lowest BCUT2D eigenvalue weighted by Crippen LogP contribution is -2.52. The number of piperidine rings is 1. The standard InChI is InChI=1S/C18H23ClN2O2/c1-20-16-9-10-21(12-14(16)3-2-4-17(20)22)18(23)11-13-5-7-15(19)8-6-13/h5-8,14,16H,2-4,9-12H2,1H3/t14-,16+/m0/s1. The van der Waals surface area contributed by atoms with E-state index < -0.39 is 0 Å². The molecular weight excluding hydrogens is 312 g/mol. The average Bonchev–Trinajstić information content (AvgIpc) is 2.69. The first kappa shape index (κ1) is 16.3. The zero-order chi connectivity index (χ0) is 16.4. The highest BCUT2D eigenvalue weighted by atomic mass is 35.5. The van der Waals surface area contributed by atoms with E-state index in [4.69, 9.17) is 11.6 Å². The van der Waals surface area contributed by atoms with Crippen molar-refractivity contribution in [3.8, 4) is 0 Å². The highest BCUT2D eigenvalue weighted by molar-refractivity contribution is 6.30. The van der Waals surface area contributed by atoms with Crippen LogP contribution >= 0.6 is 11.6 Å². The highest BCUT2D eigenvalue weighted by Crippen LogP contribution is 2.29. The maximum Gasteiger partial charge on any atom is 0.227 e. The molecule has 2 atom stereocenters. The van der Waals surface area contributed by atoms with E-state index >= 15 is 0 Å². The second-order valence-electron chi connectivity index (χ2n) is 6.66. The van der Waals surface area contributed by atoms with Crippen molar-refractivity contribution in [3.05, 3.63) is 34.9 Å². The van der Waals surface area contributed by atoms with E-state index in [0.29, 0.717) is 29.8 Å². The second-order valence-corrected chi connectivity index (χ2v) is 7.09. The largest absolute Gasteiger partial charge is 0.342 e. The van der Waals surface area contributed by atoms with E-state index in [-0.39, 0.29) is 11.8 Å². The van der Waals surface area contributed by atoms with Crippen LogP contribution in [0.2, 0.25) is 5.02 Å². The molecule has 1 aromatic carbocycles. The van der Waals surface area contributed by atoms with Crippen LogP contribution in [0.25, 0.3) is 0 Å². The molecule has 0 radical (unpaired) electrons. The van der Waals surface area contributed by atoms with Crippen LogP contribution in [0.1, 0.15) is 31.2 Å². The summed E-state index contributed by atoms with van der Waals surface area (Å²) in [4.78, 5) is 28.4. The Morgan fingerprint density at radius 2 is 2.00 bits per heavy atom. The number of likely N-dealkylation sites (tertiary alicyclic amines) is 2. The van der Waals surface area contributed by atoms with Crippen LogP contribution in [-0.2, 0) is 16.0 Å². The van der Waals surface area contributed by atoms with Gasteiger partial charge in [-0.1, -0.05) is 23.7 Å². The summed E-state index contributed by atoms with van der Waals surface area (Å²) >= 11 is 5.89. The summed E-state index contributed by atoms with van der Waals surface area (Å²) in [5.74, 6) is 0.830. The van der Waals surface area contributed by atoms with Crippen molar-refractivity contribution in [2.45, 2.75) is 38.1 Å². The van der Waals surface area contributed by atoms with Crippen molar-refractivity contribution in [2.75, 3.05) is 20.1 Å². The fourth-order valence-electron chi connectivity index (χ4n) is 3.81. The molecule has 5 heteroatoms. The lowest BCUT2D eigenvalue weighted by atomic mass is 9.88. The van der Waals surface area contributed by atoms with Gasteiger partial charge in [0.25, 0.3) is 0 Å². The second kappa shape index (κ2) is 6.91. The summed E-state index contributed by atoms with van der Waals surface area (Å²) < 4.78 is 0. The molecule has 0 spiro atoms. The molecule has 0 N–H and O–H groups in total. The number of benzene rings is 1. The number of hydrogen-bond acceptors (Lipinski definition) is 2. The van der Waals surface area contributed by atoms with Gasteiger partial charge in [0.1, 0.15) is 0 Å². The van der Waals surface area contributed by atoms with Gasteiger partial charge in [-0.05, 0) is 42.9 Å². The third-order valence-corrected chi connectivity index (χ3v) is 5.42. The number of halogens is 1. The van der Waals surface area contributed by atoms with Crippen LogP contribution in [-0.4, -0.2) is 47.8 Å². The molecule has 3 rings (SSSR count). The van der Waals surface area contributed by atoms with Crippen molar-refractivity contribution in [2.24, 2.45) is 5.92 Å². The van der Waals surface area contributed by atoms with Crippen LogP contribution in [0.3, 0.4) is 0 Å². The van der Waals surface area contributed by atoms with Gasteiger partial charge in [-0.2, -0.15) is 0 Å². The SMILES string of the molecule is CN1C(=O)CCC[C@H]2CN(C(=O)Cc3ccc(Cl)cc3)CC[C@H]21. The molecule has 2 amide bonds. The maximum absolute atomic E-state index is 12.6. The molecule has 0 unspecified atom stereocenters. The summed E-state index contributed by atoms with van der Waals surface area (Å²) in [5.41, 5.74) is 0.995. The molecule has 2 saturated heterocycles. The quantitative estimate of drug-likeness (QED) is 0.834. The minimum atomic E-state index is 0.170. The molecule has 2 heterocycles. The molecule has 0 aromatic heterocycles. The maximum atomic E-state index is 12.6. The number of hydrogen-bond donors (Lipinski definition) is 0. The van der Waals surface area contributed by atoms with Crippen LogP contribution in [0.5, 0.6) is 0 Å². The van der Waals surface area contributed by atoms with Crippen molar-refractivity contribution in [1.82, 2.24) is 9.80 Å². The number of rotatable bonds is 2. The van der Waals surface area contributed by atoms with Crippen LogP contribution in [0.4, 0.5) is 0 Å². The first-order chi connectivity index (χ1) is 11.0. The molecule has 2 aliphatic rings. The normalized spacial score (nSPS) is 25.0. The number of amides is 2. The van der Waals surface area contributed by atoms with Crippen molar-refractivity contribution >= 4 is 23.4 Å². The number of nitrogens with zero attached hydrogens (tertiary/aromatic N) is 2. The van der Waals surface area contributed by atoms with E-state index in [1.165, 1.54) is 0 Å². The Balaban J connectivity index is 1.63. The summed E-state index contributed by atoms with van der Waals surface area (Å²) in [6, 6.07) is 7.75. The van der Waals surface area contributed by atoms with E-state index in [1.54, 1.807) is 0 Å². The molecule has 2 fully saturated rings. The first-order valence-corrected chi connectivity index (χ1v) is 8.70. The van der Waals surface area contributed by atoms with Gasteiger partial charge in [-0.3, -0.25) is 9.59 Å². The summed E-state index contributed by atoms with van der Waals surface area (Å²) in [6.45, 7) is 1.51. The Morgan fingerprint density at radius 3 is 2.74 bits per heavy atom. The molecule has 2 aliphatic heterocycles. The molecule has 4 nitrogen and oxygen atoms in total.